The van der Waals surface area contributed by atoms with Gasteiger partial charge in [-0.2, -0.15) is 0 Å². The topological polar surface area (TPSA) is 92.5 Å². The van der Waals surface area contributed by atoms with Gasteiger partial charge in [0.05, 0.1) is 10.8 Å². The molecule has 128 valence electrons. The smallest absolute Gasteiger partial charge is 0.271 e. The van der Waals surface area contributed by atoms with Gasteiger partial charge in [-0.1, -0.05) is 17.7 Å². The largest absolute Gasteiger partial charge is 0.326 e. The molecule has 0 aliphatic carbocycles. The van der Waals surface area contributed by atoms with Crippen molar-refractivity contribution < 1.29 is 14.5 Å². The molecule has 0 aromatic heterocycles. The number of non-ortho nitro benzene ring substituents is 1. The zero-order valence-corrected chi connectivity index (χ0v) is 13.8. The van der Waals surface area contributed by atoms with Gasteiger partial charge in [-0.05, 0) is 30.3 Å². The number of nitrogens with one attached hydrogen (secondary N) is 1. The Labute approximate surface area is 148 Å². The van der Waals surface area contributed by atoms with E-state index in [0.29, 0.717) is 16.4 Å². The van der Waals surface area contributed by atoms with Crippen molar-refractivity contribution >= 4 is 40.5 Å². The lowest BCUT2D eigenvalue weighted by Gasteiger charge is -2.16. The van der Waals surface area contributed by atoms with Crippen LogP contribution in [0.5, 0.6) is 0 Å². The van der Waals surface area contributed by atoms with E-state index < -0.39 is 10.8 Å². The number of amides is 2. The number of anilines is 2. The van der Waals surface area contributed by atoms with E-state index >= 15 is 0 Å². The van der Waals surface area contributed by atoms with Crippen LogP contribution in [0.15, 0.2) is 48.5 Å². The van der Waals surface area contributed by atoms with E-state index in [0.717, 1.165) is 0 Å². The van der Waals surface area contributed by atoms with Crippen molar-refractivity contribution in [2.75, 3.05) is 16.8 Å². The third-order valence-corrected chi connectivity index (χ3v) is 4.21. The number of nitrogens with zero attached hydrogens (tertiary/aromatic N) is 2. The number of carbonyl (C=O) groups excluding carboxylic acids is 2. The van der Waals surface area contributed by atoms with Gasteiger partial charge in [0.15, 0.2) is 0 Å². The van der Waals surface area contributed by atoms with Crippen molar-refractivity contribution in [3.63, 3.8) is 0 Å². The van der Waals surface area contributed by atoms with Crippen molar-refractivity contribution in [2.24, 2.45) is 5.92 Å². The van der Waals surface area contributed by atoms with Crippen LogP contribution in [0, 0.1) is 16.0 Å². The van der Waals surface area contributed by atoms with Crippen molar-refractivity contribution in [2.45, 2.75) is 6.42 Å². The van der Waals surface area contributed by atoms with Crippen LogP contribution in [0.3, 0.4) is 0 Å². The zero-order chi connectivity index (χ0) is 18.0. The van der Waals surface area contributed by atoms with Crippen LogP contribution in [-0.4, -0.2) is 23.3 Å². The summed E-state index contributed by atoms with van der Waals surface area (Å²) in [5.74, 6) is -1.02. The third kappa shape index (κ3) is 3.77. The second-order valence-corrected chi connectivity index (χ2v) is 6.11. The van der Waals surface area contributed by atoms with Gasteiger partial charge in [-0.3, -0.25) is 19.7 Å². The average molecular weight is 360 g/mol. The minimum Gasteiger partial charge on any atom is -0.326 e. The lowest BCUT2D eigenvalue weighted by atomic mass is 10.1. The van der Waals surface area contributed by atoms with Crippen LogP contribution in [0.4, 0.5) is 17.1 Å². The summed E-state index contributed by atoms with van der Waals surface area (Å²) < 4.78 is 0. The summed E-state index contributed by atoms with van der Waals surface area (Å²) in [6, 6.07) is 12.5. The van der Waals surface area contributed by atoms with E-state index in [1.165, 1.54) is 23.1 Å². The minimum atomic E-state index is -0.531. The van der Waals surface area contributed by atoms with E-state index in [1.807, 2.05) is 0 Å². The number of halogens is 1. The van der Waals surface area contributed by atoms with E-state index in [1.54, 1.807) is 30.3 Å². The Morgan fingerprint density at radius 1 is 1.24 bits per heavy atom. The summed E-state index contributed by atoms with van der Waals surface area (Å²) in [7, 11) is 0. The van der Waals surface area contributed by atoms with E-state index in [2.05, 4.69) is 5.32 Å². The second kappa shape index (κ2) is 6.90. The van der Waals surface area contributed by atoms with Crippen molar-refractivity contribution in [3.8, 4) is 0 Å². The van der Waals surface area contributed by atoms with E-state index in [9.17, 15) is 19.7 Å². The molecule has 1 fully saturated rings. The van der Waals surface area contributed by atoms with Crippen LogP contribution in [0.2, 0.25) is 5.02 Å². The van der Waals surface area contributed by atoms with Crippen molar-refractivity contribution in [3.05, 3.63) is 63.7 Å². The Morgan fingerprint density at radius 2 is 1.96 bits per heavy atom. The molecule has 0 saturated carbocycles. The van der Waals surface area contributed by atoms with Crippen molar-refractivity contribution in [1.29, 1.82) is 0 Å². The molecule has 2 amide bonds. The van der Waals surface area contributed by atoms with E-state index in [4.69, 9.17) is 11.6 Å². The summed E-state index contributed by atoms with van der Waals surface area (Å²) in [4.78, 5) is 36.4. The first-order chi connectivity index (χ1) is 11.9. The number of benzene rings is 2. The monoisotopic (exact) mass is 359 g/mol. The molecule has 2 aromatic rings. The molecule has 8 heteroatoms. The molecule has 2 aromatic carbocycles. The highest BCUT2D eigenvalue weighted by Crippen LogP contribution is 2.27. The number of hydrogen-bond donors (Lipinski definition) is 1. The molecule has 0 bridgehead atoms. The lowest BCUT2D eigenvalue weighted by Crippen LogP contribution is -2.28. The number of carbonyl (C=O) groups is 2. The van der Waals surface area contributed by atoms with Crippen LogP contribution in [-0.2, 0) is 9.59 Å². The van der Waals surface area contributed by atoms with Gasteiger partial charge in [0.1, 0.15) is 0 Å². The van der Waals surface area contributed by atoms with Gasteiger partial charge < -0.3 is 10.2 Å². The zero-order valence-electron chi connectivity index (χ0n) is 13.0. The van der Waals surface area contributed by atoms with Gasteiger partial charge in [0.25, 0.3) is 5.69 Å². The van der Waals surface area contributed by atoms with Gasteiger partial charge in [0, 0.05) is 41.5 Å². The molecule has 0 spiro atoms. The third-order valence-electron chi connectivity index (χ3n) is 3.96. The molecule has 3 rings (SSSR count). The average Bonchev–Trinajstić information content (AvgIpc) is 2.98. The normalized spacial score (nSPS) is 16.8. The fourth-order valence-electron chi connectivity index (χ4n) is 2.70. The van der Waals surface area contributed by atoms with Gasteiger partial charge in [-0.15, -0.1) is 0 Å². The highest BCUT2D eigenvalue weighted by atomic mass is 35.5. The fraction of sp³-hybridized carbons (Fsp3) is 0.176. The number of rotatable bonds is 4. The Morgan fingerprint density at radius 3 is 2.64 bits per heavy atom. The Bertz CT molecular complexity index is 838. The molecule has 1 unspecified atom stereocenters. The molecule has 7 nitrogen and oxygen atoms in total. The molecule has 1 N–H and O–H groups in total. The summed E-state index contributed by atoms with van der Waals surface area (Å²) in [5, 5.41) is 14.0. The van der Waals surface area contributed by atoms with Crippen molar-refractivity contribution in [1.82, 2.24) is 0 Å². The maximum Gasteiger partial charge on any atom is 0.271 e. The Balaban J connectivity index is 1.69. The Hall–Kier alpha value is -2.93. The molecule has 1 saturated heterocycles. The highest BCUT2D eigenvalue weighted by molar-refractivity contribution is 6.30. The highest BCUT2D eigenvalue weighted by Gasteiger charge is 2.35. The SMILES string of the molecule is O=C(Nc1cccc([N+](=O)[O-])c1)C1CC(=O)N(c2ccc(Cl)cc2)C1. The summed E-state index contributed by atoms with van der Waals surface area (Å²) in [6.45, 7) is 0.251. The molecule has 1 atom stereocenters. The lowest BCUT2D eigenvalue weighted by molar-refractivity contribution is -0.384. The first-order valence-corrected chi connectivity index (χ1v) is 7.93. The van der Waals surface area contributed by atoms with E-state index in [-0.39, 0.29) is 30.5 Å². The molecule has 0 radical (unpaired) electrons. The first kappa shape index (κ1) is 16.9. The van der Waals surface area contributed by atoms with Crippen LogP contribution in [0.25, 0.3) is 0 Å². The van der Waals surface area contributed by atoms with Crippen LogP contribution >= 0.6 is 11.6 Å². The minimum absolute atomic E-state index is 0.0867. The number of nitro benzene ring substituents is 1. The standard InChI is InChI=1S/C17H14ClN3O4/c18-12-4-6-14(7-5-12)20-10-11(8-16(20)22)17(23)19-13-2-1-3-15(9-13)21(24)25/h1-7,9,11H,8,10H2,(H,19,23). The van der Waals surface area contributed by atoms with Crippen LogP contribution < -0.4 is 10.2 Å². The predicted octanol–water partition coefficient (Wildman–Crippen LogP) is 3.24. The fourth-order valence-corrected chi connectivity index (χ4v) is 2.82. The second-order valence-electron chi connectivity index (χ2n) is 5.68. The molecule has 1 aliphatic rings. The predicted molar refractivity (Wildman–Crippen MR) is 93.6 cm³/mol. The summed E-state index contributed by atoms with van der Waals surface area (Å²) >= 11 is 5.84. The van der Waals surface area contributed by atoms with Gasteiger partial charge in [-0.25, -0.2) is 0 Å². The Kier molecular flexibility index (Phi) is 4.67. The molecule has 1 aliphatic heterocycles. The quantitative estimate of drug-likeness (QED) is 0.670. The molecule has 1 heterocycles. The van der Waals surface area contributed by atoms with Crippen LogP contribution in [0.1, 0.15) is 6.42 Å². The summed E-state index contributed by atoms with van der Waals surface area (Å²) in [5.41, 5.74) is 0.903. The molecular formula is C17H14ClN3O4. The molecular weight excluding hydrogens is 346 g/mol. The van der Waals surface area contributed by atoms with Gasteiger partial charge >= 0.3 is 0 Å². The first-order valence-electron chi connectivity index (χ1n) is 7.55. The summed E-state index contributed by atoms with van der Waals surface area (Å²) in [6.07, 6.45) is 0.0867. The van der Waals surface area contributed by atoms with Gasteiger partial charge in [0.2, 0.25) is 11.8 Å². The maximum absolute atomic E-state index is 12.4. The number of hydrogen-bond acceptors (Lipinski definition) is 4. The molecule has 25 heavy (non-hydrogen) atoms. The number of nitro groups is 1. The maximum atomic E-state index is 12.4.